The molecule has 1 saturated heterocycles. The number of thioether (sulfide) groups is 1. The highest BCUT2D eigenvalue weighted by molar-refractivity contribution is 7.99. The Balaban J connectivity index is 1.04. The molecule has 0 saturated carbocycles. The molecule has 55 heavy (non-hydrogen) atoms. The zero-order chi connectivity index (χ0) is 39.2. The molecule has 1 heterocycles. The lowest BCUT2D eigenvalue weighted by atomic mass is 9.73. The molecular weight excluding hydrogens is 767 g/mol. The number of anilines is 3. The Morgan fingerprint density at radius 1 is 0.909 bits per heavy atom. The Bertz CT molecular complexity index is 2090. The van der Waals surface area contributed by atoms with Crippen LogP contribution in [0.4, 0.5) is 30.2 Å². The Morgan fingerprint density at radius 2 is 1.60 bits per heavy atom. The fraction of sp³-hybridized carbons (Fsp3) is 0.341. The highest BCUT2D eigenvalue weighted by Crippen LogP contribution is 2.43. The van der Waals surface area contributed by atoms with Crippen molar-refractivity contribution < 1.29 is 26.4 Å². The van der Waals surface area contributed by atoms with E-state index in [-0.39, 0.29) is 23.3 Å². The third-order valence-electron chi connectivity index (χ3n) is 9.97. The molecule has 1 fully saturated rings. The van der Waals surface area contributed by atoms with Gasteiger partial charge in [0.15, 0.2) is 0 Å². The molecule has 0 spiro atoms. The molecule has 1 aliphatic carbocycles. The summed E-state index contributed by atoms with van der Waals surface area (Å²) in [4.78, 5) is 17.9. The van der Waals surface area contributed by atoms with E-state index in [2.05, 4.69) is 51.9 Å². The number of nitrogens with zero attached hydrogens (tertiary/aromatic N) is 2. The Labute approximate surface area is 330 Å². The quantitative estimate of drug-likeness (QED) is 0.0699. The van der Waals surface area contributed by atoms with Crippen molar-refractivity contribution in [3.63, 3.8) is 0 Å². The van der Waals surface area contributed by atoms with Gasteiger partial charge in [-0.25, -0.2) is 8.42 Å². The van der Waals surface area contributed by atoms with Gasteiger partial charge in [0.05, 0.1) is 11.4 Å². The Hall–Kier alpha value is -4.17. The number of benzene rings is 4. The van der Waals surface area contributed by atoms with Gasteiger partial charge in [-0.2, -0.15) is 13.2 Å². The molecule has 2 aliphatic rings. The SMILES string of the molecule is CC1(C)CCC(c2ccc(Cl)cc2)=C(CN2CCN(c3ccc(C(=O)NNc4ccc(NCCSc5ccccc5)c(S(=O)(=O)C(F)(F)F)c4)cc3)CC2)C1. The second-order valence-corrected chi connectivity index (χ2v) is 18.1. The highest BCUT2D eigenvalue weighted by atomic mass is 35.5. The summed E-state index contributed by atoms with van der Waals surface area (Å²) >= 11 is 7.66. The van der Waals surface area contributed by atoms with Gasteiger partial charge in [-0.3, -0.25) is 20.5 Å². The van der Waals surface area contributed by atoms with Crippen LogP contribution in [-0.2, 0) is 9.84 Å². The largest absolute Gasteiger partial charge is 0.501 e. The predicted octanol–water partition coefficient (Wildman–Crippen LogP) is 9.38. The van der Waals surface area contributed by atoms with Gasteiger partial charge in [0.2, 0.25) is 0 Å². The lowest BCUT2D eigenvalue weighted by Crippen LogP contribution is -2.47. The van der Waals surface area contributed by atoms with Gasteiger partial charge < -0.3 is 10.2 Å². The number of piperazine rings is 1. The molecule has 6 rings (SSSR count). The molecule has 1 amide bonds. The van der Waals surface area contributed by atoms with E-state index < -0.39 is 26.1 Å². The van der Waals surface area contributed by atoms with Crippen LogP contribution in [0.3, 0.4) is 0 Å². The maximum absolute atomic E-state index is 13.6. The van der Waals surface area contributed by atoms with E-state index in [1.807, 2.05) is 54.6 Å². The summed E-state index contributed by atoms with van der Waals surface area (Å²) in [6.07, 6.45) is 3.27. The van der Waals surface area contributed by atoms with Crippen LogP contribution in [0.25, 0.3) is 5.57 Å². The van der Waals surface area contributed by atoms with Crippen molar-refractivity contribution in [1.82, 2.24) is 10.3 Å². The van der Waals surface area contributed by atoms with Crippen molar-refractivity contribution in [3.05, 3.63) is 119 Å². The van der Waals surface area contributed by atoms with E-state index in [0.717, 1.165) is 73.7 Å². The fourth-order valence-electron chi connectivity index (χ4n) is 6.99. The molecule has 1 aliphatic heterocycles. The first-order chi connectivity index (χ1) is 26.2. The van der Waals surface area contributed by atoms with Gasteiger partial charge >= 0.3 is 5.51 Å². The highest BCUT2D eigenvalue weighted by Gasteiger charge is 2.48. The maximum atomic E-state index is 13.6. The van der Waals surface area contributed by atoms with Crippen LogP contribution in [0.1, 0.15) is 49.0 Å². The number of rotatable bonds is 13. The predicted molar refractivity (Wildman–Crippen MR) is 218 cm³/mol. The molecule has 8 nitrogen and oxygen atoms in total. The number of carbonyl (C=O) groups is 1. The summed E-state index contributed by atoms with van der Waals surface area (Å²) in [6.45, 7) is 9.30. The van der Waals surface area contributed by atoms with Gasteiger partial charge in [0.1, 0.15) is 4.90 Å². The molecule has 0 aromatic heterocycles. The number of hydrazine groups is 1. The van der Waals surface area contributed by atoms with Crippen molar-refractivity contribution in [3.8, 4) is 0 Å². The normalized spacial score (nSPS) is 16.5. The van der Waals surface area contributed by atoms with Gasteiger partial charge in [-0.15, -0.1) is 11.8 Å². The number of carbonyl (C=O) groups excluding carboxylic acids is 1. The number of alkyl halides is 3. The average molecular weight is 812 g/mol. The molecule has 0 atom stereocenters. The molecule has 14 heteroatoms. The molecule has 0 unspecified atom stereocenters. The number of halogens is 4. The average Bonchev–Trinajstić information content (AvgIpc) is 3.16. The second kappa shape index (κ2) is 17.3. The topological polar surface area (TPSA) is 93.8 Å². The third kappa shape index (κ3) is 10.4. The number of nitrogens with one attached hydrogen (secondary N) is 3. The number of amides is 1. The van der Waals surface area contributed by atoms with Gasteiger partial charge in [-0.1, -0.05) is 61.4 Å². The molecule has 3 N–H and O–H groups in total. The first kappa shape index (κ1) is 40.5. The van der Waals surface area contributed by atoms with E-state index >= 15 is 0 Å². The van der Waals surface area contributed by atoms with Crippen LogP contribution in [0.2, 0.25) is 5.02 Å². The summed E-state index contributed by atoms with van der Waals surface area (Å²) < 4.78 is 66.0. The summed E-state index contributed by atoms with van der Waals surface area (Å²) in [5.41, 5.74) is 5.08. The molecular formula is C41H45ClF3N5O3S2. The van der Waals surface area contributed by atoms with E-state index in [4.69, 9.17) is 11.6 Å². The molecule has 292 valence electrons. The number of hydrogen-bond acceptors (Lipinski definition) is 8. The van der Waals surface area contributed by atoms with Crippen LogP contribution in [0.5, 0.6) is 0 Å². The zero-order valence-corrected chi connectivity index (χ0v) is 33.1. The summed E-state index contributed by atoms with van der Waals surface area (Å²) in [5, 5.41) is 3.56. The molecule has 4 aromatic carbocycles. The second-order valence-electron chi connectivity index (χ2n) is 14.6. The lowest BCUT2D eigenvalue weighted by molar-refractivity contribution is -0.0435. The molecule has 0 bridgehead atoms. The minimum atomic E-state index is -5.69. The van der Waals surface area contributed by atoms with Crippen molar-refractivity contribution in [2.45, 2.75) is 48.4 Å². The summed E-state index contributed by atoms with van der Waals surface area (Å²) in [7, 11) is -5.69. The summed E-state index contributed by atoms with van der Waals surface area (Å²) in [5.74, 6) is -0.0403. The summed E-state index contributed by atoms with van der Waals surface area (Å²) in [6, 6.07) is 28.3. The number of sulfone groups is 1. The van der Waals surface area contributed by atoms with Crippen LogP contribution >= 0.6 is 23.4 Å². The van der Waals surface area contributed by atoms with E-state index in [0.29, 0.717) is 11.3 Å². The first-order valence-electron chi connectivity index (χ1n) is 18.2. The van der Waals surface area contributed by atoms with Gasteiger partial charge in [0, 0.05) is 66.2 Å². The smallest absolute Gasteiger partial charge is 0.383 e. The maximum Gasteiger partial charge on any atom is 0.501 e. The van der Waals surface area contributed by atoms with Crippen molar-refractivity contribution in [1.29, 1.82) is 0 Å². The van der Waals surface area contributed by atoms with Crippen molar-refractivity contribution >= 4 is 61.7 Å². The minimum absolute atomic E-state index is 0.0253. The van der Waals surface area contributed by atoms with Crippen LogP contribution < -0.4 is 21.1 Å². The Kier molecular flexibility index (Phi) is 12.7. The van der Waals surface area contributed by atoms with Crippen LogP contribution in [0, 0.1) is 5.41 Å². The van der Waals surface area contributed by atoms with Crippen molar-refractivity contribution in [2.24, 2.45) is 5.41 Å². The molecule has 0 radical (unpaired) electrons. The third-order valence-corrected chi connectivity index (χ3v) is 12.8. The first-order valence-corrected chi connectivity index (χ1v) is 21.0. The van der Waals surface area contributed by atoms with Crippen LogP contribution in [0.15, 0.2) is 112 Å². The number of allylic oxidation sites excluding steroid dienone is 1. The lowest BCUT2D eigenvalue weighted by Gasteiger charge is -2.39. The van der Waals surface area contributed by atoms with Crippen LogP contribution in [-0.4, -0.2) is 69.8 Å². The van der Waals surface area contributed by atoms with Gasteiger partial charge in [0.25, 0.3) is 15.7 Å². The monoisotopic (exact) mass is 811 g/mol. The van der Waals surface area contributed by atoms with E-state index in [9.17, 15) is 26.4 Å². The van der Waals surface area contributed by atoms with Crippen molar-refractivity contribution in [2.75, 3.05) is 60.7 Å². The van der Waals surface area contributed by atoms with Gasteiger partial charge in [-0.05, 0) is 103 Å². The Morgan fingerprint density at radius 3 is 2.27 bits per heavy atom. The zero-order valence-electron chi connectivity index (χ0n) is 30.8. The minimum Gasteiger partial charge on any atom is -0.383 e. The van der Waals surface area contributed by atoms with E-state index in [1.54, 1.807) is 12.1 Å². The van der Waals surface area contributed by atoms with E-state index in [1.165, 1.54) is 40.6 Å². The standard InChI is InChI=1S/C41H45ClF3N5O3S2/c1-40(2)19-18-36(29-8-12-32(42)13-9-29)31(27-40)28-49-21-23-50(24-22-49)34-15-10-30(11-16-34)39(51)48-47-33-14-17-37(38(26-33)55(52,53)41(43,44)45)46-20-25-54-35-6-4-3-5-7-35/h3-17,26,46-47H,18-25,27-28H2,1-2H3,(H,48,51). The molecule has 4 aromatic rings. The fourth-order valence-corrected chi connectivity index (χ4v) is 8.86. The number of hydrogen-bond donors (Lipinski definition) is 3.